The Kier molecular flexibility index (Phi) is 6.55. The van der Waals surface area contributed by atoms with Crippen LogP contribution in [0, 0.1) is 0 Å². The average Bonchev–Trinajstić information content (AvgIpc) is 2.78. The number of hydrogen-bond donors (Lipinski definition) is 1. The van der Waals surface area contributed by atoms with E-state index in [9.17, 15) is 9.59 Å². The van der Waals surface area contributed by atoms with Gasteiger partial charge in [0.25, 0.3) is 0 Å². The van der Waals surface area contributed by atoms with Gasteiger partial charge in [-0.3, -0.25) is 9.59 Å². The van der Waals surface area contributed by atoms with Gasteiger partial charge in [-0.2, -0.15) is 0 Å². The highest BCUT2D eigenvalue weighted by Crippen LogP contribution is 2.51. The predicted molar refractivity (Wildman–Crippen MR) is 140 cm³/mol. The fourth-order valence-corrected chi connectivity index (χ4v) is 5.66. The number of halogens is 1. The average molecular weight is 475 g/mol. The van der Waals surface area contributed by atoms with Crippen LogP contribution in [0.5, 0.6) is 0 Å². The number of rotatable bonds is 5. The van der Waals surface area contributed by atoms with Gasteiger partial charge in [-0.25, -0.2) is 0 Å². The molecule has 0 saturated heterocycles. The Morgan fingerprint density at radius 2 is 1.71 bits per heavy atom. The zero-order chi connectivity index (χ0) is 24.5. The van der Waals surface area contributed by atoms with Gasteiger partial charge >= 0.3 is 0 Å². The highest BCUT2D eigenvalue weighted by molar-refractivity contribution is 6.30. The molecule has 4 rings (SSSR count). The van der Waals surface area contributed by atoms with Gasteiger partial charge in [-0.1, -0.05) is 61.0 Å². The molecule has 0 spiro atoms. The Morgan fingerprint density at radius 3 is 2.38 bits per heavy atom. The first kappa shape index (κ1) is 24.0. The Bertz CT molecular complexity index is 1220. The van der Waals surface area contributed by atoms with E-state index < -0.39 is 0 Å². The maximum atomic E-state index is 12.7. The third kappa shape index (κ3) is 4.74. The Balaban J connectivity index is 1.66. The lowest BCUT2D eigenvalue weighted by Crippen LogP contribution is -2.55. The zero-order valence-corrected chi connectivity index (χ0v) is 20.9. The summed E-state index contributed by atoms with van der Waals surface area (Å²) in [5.41, 5.74) is 4.23. The molecule has 0 bridgehead atoms. The molecule has 5 heteroatoms. The van der Waals surface area contributed by atoms with Crippen molar-refractivity contribution in [3.05, 3.63) is 94.5 Å². The molecular weight excluding hydrogens is 444 g/mol. The number of anilines is 2. The van der Waals surface area contributed by atoms with E-state index in [0.29, 0.717) is 17.9 Å². The number of carbonyl (C=O) groups excluding carboxylic acids is 2. The van der Waals surface area contributed by atoms with Crippen molar-refractivity contribution >= 4 is 34.8 Å². The van der Waals surface area contributed by atoms with Crippen LogP contribution in [0.15, 0.2) is 72.8 Å². The number of benzene rings is 3. The molecule has 0 fully saturated rings. The van der Waals surface area contributed by atoms with Gasteiger partial charge in [-0.15, -0.1) is 0 Å². The maximum Gasteiger partial charge on any atom is 0.224 e. The van der Waals surface area contributed by atoms with E-state index in [1.54, 1.807) is 6.92 Å². The van der Waals surface area contributed by atoms with Crippen LogP contribution >= 0.6 is 11.6 Å². The van der Waals surface area contributed by atoms with Crippen molar-refractivity contribution in [2.45, 2.75) is 57.9 Å². The van der Waals surface area contributed by atoms with Crippen LogP contribution in [0.4, 0.5) is 11.4 Å². The normalized spacial score (nSPS) is 18.8. The summed E-state index contributed by atoms with van der Waals surface area (Å²) >= 11 is 6.06. The van der Waals surface area contributed by atoms with Crippen LogP contribution in [-0.2, 0) is 21.4 Å². The maximum absolute atomic E-state index is 12.7. The minimum Gasteiger partial charge on any atom is -0.326 e. The lowest BCUT2D eigenvalue weighted by atomic mass is 9.65. The molecule has 2 amide bonds. The molecule has 1 atom stereocenters. The second kappa shape index (κ2) is 9.27. The van der Waals surface area contributed by atoms with E-state index in [1.165, 1.54) is 5.56 Å². The summed E-state index contributed by atoms with van der Waals surface area (Å²) in [5, 5.41) is 3.73. The van der Waals surface area contributed by atoms with E-state index in [-0.39, 0.29) is 22.8 Å². The minimum absolute atomic E-state index is 0.0136. The molecule has 0 aromatic heterocycles. The van der Waals surface area contributed by atoms with E-state index >= 15 is 0 Å². The minimum atomic E-state index is -0.356. The van der Waals surface area contributed by atoms with Crippen molar-refractivity contribution in [1.29, 1.82) is 0 Å². The smallest absolute Gasteiger partial charge is 0.224 e. The molecule has 1 aliphatic heterocycles. The monoisotopic (exact) mass is 474 g/mol. The van der Waals surface area contributed by atoms with Gasteiger partial charge < -0.3 is 10.2 Å². The number of aryl methyl sites for hydroxylation is 1. The van der Waals surface area contributed by atoms with Gasteiger partial charge in [0.1, 0.15) is 0 Å². The van der Waals surface area contributed by atoms with E-state index in [2.05, 4.69) is 38.2 Å². The fourth-order valence-electron chi connectivity index (χ4n) is 5.45. The highest BCUT2D eigenvalue weighted by Gasteiger charge is 2.47. The van der Waals surface area contributed by atoms with Crippen LogP contribution < -0.4 is 10.2 Å². The Morgan fingerprint density at radius 1 is 0.971 bits per heavy atom. The summed E-state index contributed by atoms with van der Waals surface area (Å²) in [4.78, 5) is 27.3. The molecule has 1 heterocycles. The van der Waals surface area contributed by atoms with Gasteiger partial charge in [0.2, 0.25) is 11.8 Å². The highest BCUT2D eigenvalue weighted by atomic mass is 35.5. The van der Waals surface area contributed by atoms with Crippen LogP contribution in [0.25, 0.3) is 0 Å². The van der Waals surface area contributed by atoms with Crippen LogP contribution in [0.1, 0.15) is 57.2 Å². The topological polar surface area (TPSA) is 49.4 Å². The van der Waals surface area contributed by atoms with Crippen molar-refractivity contribution in [3.8, 4) is 0 Å². The van der Waals surface area contributed by atoms with E-state index in [1.807, 2.05) is 65.6 Å². The molecular formula is C29H31ClN2O2. The van der Waals surface area contributed by atoms with Gasteiger partial charge in [0.05, 0.1) is 0 Å². The number of carbonyl (C=O) groups is 2. The van der Waals surface area contributed by atoms with Gasteiger partial charge in [0, 0.05) is 40.7 Å². The first-order valence-corrected chi connectivity index (χ1v) is 12.0. The Labute approximate surface area is 206 Å². The second-order valence-corrected chi connectivity index (χ2v) is 10.4. The molecule has 3 aromatic carbocycles. The number of nitrogens with zero attached hydrogens (tertiary/aromatic N) is 1. The van der Waals surface area contributed by atoms with Crippen molar-refractivity contribution < 1.29 is 9.59 Å². The second-order valence-electron chi connectivity index (χ2n) is 9.95. The predicted octanol–water partition coefficient (Wildman–Crippen LogP) is 6.75. The largest absolute Gasteiger partial charge is 0.326 e. The van der Waals surface area contributed by atoms with Crippen molar-refractivity contribution in [2.75, 3.05) is 10.2 Å². The summed E-state index contributed by atoms with van der Waals surface area (Å²) in [6.45, 7) is 8.07. The molecule has 176 valence electrons. The summed E-state index contributed by atoms with van der Waals surface area (Å²) in [6, 6.07) is 23.9. The molecule has 34 heavy (non-hydrogen) atoms. The van der Waals surface area contributed by atoms with Gasteiger partial charge in [-0.05, 0) is 73.7 Å². The molecule has 4 nitrogen and oxygen atoms in total. The van der Waals surface area contributed by atoms with E-state index in [4.69, 9.17) is 11.6 Å². The lowest BCUT2D eigenvalue weighted by Gasteiger charge is -2.51. The zero-order valence-electron chi connectivity index (χ0n) is 20.2. The molecule has 1 aliphatic rings. The Hall–Kier alpha value is -3.11. The fraction of sp³-hybridized carbons (Fsp3) is 0.310. The summed E-state index contributed by atoms with van der Waals surface area (Å²) in [5.74, 6) is -0.0411. The summed E-state index contributed by atoms with van der Waals surface area (Å²) in [7, 11) is 0. The number of fused-ring (bicyclic) bond motifs is 1. The molecule has 0 saturated carbocycles. The van der Waals surface area contributed by atoms with Gasteiger partial charge in [0.15, 0.2) is 0 Å². The third-order valence-electron chi connectivity index (χ3n) is 6.76. The van der Waals surface area contributed by atoms with Crippen molar-refractivity contribution in [2.24, 2.45) is 0 Å². The first-order valence-electron chi connectivity index (χ1n) is 11.7. The van der Waals surface area contributed by atoms with Crippen LogP contribution in [0.3, 0.4) is 0 Å². The standard InChI is InChI=1S/C29H31ClN2O2/c1-20(33)32-26-15-14-24(31-27(34)16-13-21-9-8-12-23(30)17-21)18-25(26)29(4,19-28(32,2)3)22-10-6-5-7-11-22/h5-12,14-15,17-18H,13,16,19H2,1-4H3,(H,31,34). The SMILES string of the molecule is CC(=O)N1c2ccc(NC(=O)CCc3cccc(Cl)c3)cc2C(C)(c2ccccc2)CC1(C)C. The van der Waals surface area contributed by atoms with Crippen molar-refractivity contribution in [3.63, 3.8) is 0 Å². The lowest BCUT2D eigenvalue weighted by molar-refractivity contribution is -0.118. The van der Waals surface area contributed by atoms with Crippen LogP contribution in [0.2, 0.25) is 5.02 Å². The number of amides is 2. The number of hydrogen-bond acceptors (Lipinski definition) is 2. The molecule has 3 aromatic rings. The molecule has 1 N–H and O–H groups in total. The first-order chi connectivity index (χ1) is 16.1. The third-order valence-corrected chi connectivity index (χ3v) is 7.00. The van der Waals surface area contributed by atoms with Crippen molar-refractivity contribution in [1.82, 2.24) is 0 Å². The summed E-state index contributed by atoms with van der Waals surface area (Å²) in [6.07, 6.45) is 1.74. The molecule has 1 unspecified atom stereocenters. The molecule has 0 radical (unpaired) electrons. The van der Waals surface area contributed by atoms with Crippen LogP contribution in [-0.4, -0.2) is 17.4 Å². The number of nitrogens with one attached hydrogen (secondary N) is 1. The molecule has 0 aliphatic carbocycles. The summed E-state index contributed by atoms with van der Waals surface area (Å²) < 4.78 is 0. The quantitative estimate of drug-likeness (QED) is 0.444. The van der Waals surface area contributed by atoms with E-state index in [0.717, 1.165) is 28.9 Å².